The molecule has 0 radical (unpaired) electrons. The minimum Gasteiger partial charge on any atom is -0.497 e. The topological polar surface area (TPSA) is 32.7 Å². The van der Waals surface area contributed by atoms with Crippen LogP contribution in [0.2, 0.25) is 0 Å². The molecule has 1 heterocycles. The fourth-order valence-corrected chi connectivity index (χ4v) is 3.85. The summed E-state index contributed by atoms with van der Waals surface area (Å²) in [4.78, 5) is 2.42. The zero-order valence-electron chi connectivity index (χ0n) is 15.2. The van der Waals surface area contributed by atoms with E-state index >= 15 is 0 Å². The van der Waals surface area contributed by atoms with E-state index in [9.17, 15) is 5.11 Å². The first-order valence-electron chi connectivity index (χ1n) is 9.23. The fraction of sp³-hybridized carbons (Fsp3) is 0.304. The lowest BCUT2D eigenvalue weighted by Gasteiger charge is -2.38. The molecule has 26 heavy (non-hydrogen) atoms. The van der Waals surface area contributed by atoms with Crippen molar-refractivity contribution >= 4 is 10.8 Å². The van der Waals surface area contributed by atoms with Crippen LogP contribution in [0.1, 0.15) is 24.0 Å². The molecule has 0 amide bonds. The van der Waals surface area contributed by atoms with Gasteiger partial charge in [-0.05, 0) is 52.9 Å². The minimum atomic E-state index is -0.746. The Hall–Kier alpha value is -2.36. The summed E-state index contributed by atoms with van der Waals surface area (Å²) >= 11 is 0. The summed E-state index contributed by atoms with van der Waals surface area (Å²) in [6.07, 6.45) is 1.52. The van der Waals surface area contributed by atoms with Gasteiger partial charge in [-0.3, -0.25) is 4.90 Å². The van der Waals surface area contributed by atoms with E-state index in [2.05, 4.69) is 53.4 Å². The summed E-state index contributed by atoms with van der Waals surface area (Å²) in [5, 5.41) is 13.5. The molecule has 0 aromatic heterocycles. The SMILES string of the molecule is COc1ccc2ccc(C3(O)CCN(Cc4ccccc4)CC3)cc2c1. The summed E-state index contributed by atoms with van der Waals surface area (Å²) in [7, 11) is 1.68. The molecule has 0 atom stereocenters. The number of rotatable bonds is 4. The van der Waals surface area contributed by atoms with Gasteiger partial charge in [0.15, 0.2) is 0 Å². The van der Waals surface area contributed by atoms with E-state index in [1.165, 1.54) is 10.9 Å². The van der Waals surface area contributed by atoms with E-state index in [4.69, 9.17) is 4.74 Å². The van der Waals surface area contributed by atoms with Gasteiger partial charge in [0.2, 0.25) is 0 Å². The van der Waals surface area contributed by atoms with Crippen LogP contribution in [0.4, 0.5) is 0 Å². The van der Waals surface area contributed by atoms with Gasteiger partial charge in [0, 0.05) is 19.6 Å². The number of benzene rings is 3. The van der Waals surface area contributed by atoms with Crippen LogP contribution in [-0.4, -0.2) is 30.2 Å². The molecule has 1 N–H and O–H groups in total. The number of likely N-dealkylation sites (tertiary alicyclic amines) is 1. The Morgan fingerprint density at radius 2 is 1.65 bits per heavy atom. The highest BCUT2D eigenvalue weighted by Crippen LogP contribution is 2.35. The van der Waals surface area contributed by atoms with Gasteiger partial charge in [0.1, 0.15) is 5.75 Å². The number of aliphatic hydroxyl groups is 1. The van der Waals surface area contributed by atoms with Crippen LogP contribution in [0, 0.1) is 0 Å². The highest BCUT2D eigenvalue weighted by molar-refractivity contribution is 5.84. The van der Waals surface area contributed by atoms with Crippen LogP contribution in [0.5, 0.6) is 5.75 Å². The summed E-state index contributed by atoms with van der Waals surface area (Å²) < 4.78 is 5.33. The highest BCUT2D eigenvalue weighted by Gasteiger charge is 2.34. The number of fused-ring (bicyclic) bond motifs is 1. The monoisotopic (exact) mass is 347 g/mol. The van der Waals surface area contributed by atoms with Gasteiger partial charge in [-0.15, -0.1) is 0 Å². The third-order valence-corrected chi connectivity index (χ3v) is 5.52. The Balaban J connectivity index is 1.50. The largest absolute Gasteiger partial charge is 0.497 e. The maximum atomic E-state index is 11.3. The minimum absolute atomic E-state index is 0.746. The molecule has 0 saturated carbocycles. The summed E-state index contributed by atoms with van der Waals surface area (Å²) in [5.41, 5.74) is 1.60. The molecule has 3 aromatic carbocycles. The molecule has 1 saturated heterocycles. The number of piperidine rings is 1. The highest BCUT2D eigenvalue weighted by atomic mass is 16.5. The molecule has 3 heteroatoms. The van der Waals surface area contributed by atoms with Crippen molar-refractivity contribution in [2.45, 2.75) is 25.0 Å². The average molecular weight is 347 g/mol. The molecule has 4 rings (SSSR count). The molecule has 1 aliphatic heterocycles. The lowest BCUT2D eigenvalue weighted by molar-refractivity contribution is -0.0276. The van der Waals surface area contributed by atoms with Gasteiger partial charge >= 0.3 is 0 Å². The Morgan fingerprint density at radius 3 is 2.38 bits per heavy atom. The standard InChI is InChI=1S/C23H25NO2/c1-26-22-10-8-19-7-9-21(15-20(19)16-22)23(25)11-13-24(14-12-23)17-18-5-3-2-4-6-18/h2-10,15-16,25H,11-14,17H2,1H3. The van der Waals surface area contributed by atoms with Gasteiger partial charge in [-0.1, -0.05) is 48.5 Å². The van der Waals surface area contributed by atoms with Crippen molar-refractivity contribution in [3.05, 3.63) is 77.9 Å². The maximum Gasteiger partial charge on any atom is 0.119 e. The summed E-state index contributed by atoms with van der Waals surface area (Å²) in [6, 6.07) is 22.9. The second-order valence-corrected chi connectivity index (χ2v) is 7.22. The van der Waals surface area contributed by atoms with E-state index < -0.39 is 5.60 Å². The van der Waals surface area contributed by atoms with Gasteiger partial charge in [0.05, 0.1) is 12.7 Å². The molecule has 1 aliphatic rings. The first-order chi connectivity index (χ1) is 12.7. The molecular weight excluding hydrogens is 322 g/mol. The van der Waals surface area contributed by atoms with Crippen molar-refractivity contribution in [3.8, 4) is 5.75 Å². The first-order valence-corrected chi connectivity index (χ1v) is 9.23. The van der Waals surface area contributed by atoms with E-state index in [1.54, 1.807) is 7.11 Å². The van der Waals surface area contributed by atoms with E-state index in [0.717, 1.165) is 49.2 Å². The second-order valence-electron chi connectivity index (χ2n) is 7.22. The summed E-state index contributed by atoms with van der Waals surface area (Å²) in [6.45, 7) is 2.76. The zero-order valence-corrected chi connectivity index (χ0v) is 15.2. The normalized spacial score (nSPS) is 17.3. The van der Waals surface area contributed by atoms with Crippen LogP contribution in [-0.2, 0) is 12.1 Å². The third-order valence-electron chi connectivity index (χ3n) is 5.52. The molecule has 0 bridgehead atoms. The van der Waals surface area contributed by atoms with Crippen molar-refractivity contribution in [2.75, 3.05) is 20.2 Å². The molecule has 134 valence electrons. The number of methoxy groups -OCH3 is 1. The van der Waals surface area contributed by atoms with Crippen LogP contribution in [0.25, 0.3) is 10.8 Å². The van der Waals surface area contributed by atoms with Gasteiger partial charge < -0.3 is 9.84 Å². The predicted octanol–water partition coefficient (Wildman–Crippen LogP) is 4.33. The number of nitrogens with zero attached hydrogens (tertiary/aromatic N) is 1. The Morgan fingerprint density at radius 1 is 0.923 bits per heavy atom. The molecule has 0 aliphatic carbocycles. The van der Waals surface area contributed by atoms with Crippen LogP contribution < -0.4 is 4.74 Å². The lowest BCUT2D eigenvalue weighted by Crippen LogP contribution is -2.42. The van der Waals surface area contributed by atoms with Crippen molar-refractivity contribution in [1.82, 2.24) is 4.90 Å². The number of hydrogen-bond acceptors (Lipinski definition) is 3. The van der Waals surface area contributed by atoms with Crippen molar-refractivity contribution in [2.24, 2.45) is 0 Å². The quantitative estimate of drug-likeness (QED) is 0.762. The molecule has 0 spiro atoms. The van der Waals surface area contributed by atoms with E-state index in [1.807, 2.05) is 18.2 Å². The number of ether oxygens (including phenoxy) is 1. The van der Waals surface area contributed by atoms with Crippen LogP contribution in [0.3, 0.4) is 0 Å². The fourth-order valence-electron chi connectivity index (χ4n) is 3.85. The summed E-state index contributed by atoms with van der Waals surface area (Å²) in [5.74, 6) is 0.847. The second kappa shape index (κ2) is 7.10. The first kappa shape index (κ1) is 17.1. The number of hydrogen-bond donors (Lipinski definition) is 1. The molecule has 0 unspecified atom stereocenters. The molecule has 3 aromatic rings. The van der Waals surface area contributed by atoms with Gasteiger partial charge in [-0.25, -0.2) is 0 Å². The molecule has 3 nitrogen and oxygen atoms in total. The van der Waals surface area contributed by atoms with Crippen molar-refractivity contribution in [3.63, 3.8) is 0 Å². The average Bonchev–Trinajstić information content (AvgIpc) is 2.70. The zero-order chi connectivity index (χ0) is 18.0. The Bertz CT molecular complexity index is 883. The Kier molecular flexibility index (Phi) is 4.66. The molecule has 1 fully saturated rings. The smallest absolute Gasteiger partial charge is 0.119 e. The molecular formula is C23H25NO2. The van der Waals surface area contributed by atoms with Gasteiger partial charge in [0.25, 0.3) is 0 Å². The van der Waals surface area contributed by atoms with E-state index in [-0.39, 0.29) is 0 Å². The lowest BCUT2D eigenvalue weighted by atomic mass is 9.83. The predicted molar refractivity (Wildman–Crippen MR) is 105 cm³/mol. The Labute approximate surface area is 154 Å². The van der Waals surface area contributed by atoms with Gasteiger partial charge in [-0.2, -0.15) is 0 Å². The maximum absolute atomic E-state index is 11.3. The van der Waals surface area contributed by atoms with E-state index in [0.29, 0.717) is 0 Å². The third kappa shape index (κ3) is 3.46. The van der Waals surface area contributed by atoms with Crippen molar-refractivity contribution in [1.29, 1.82) is 0 Å². The van der Waals surface area contributed by atoms with Crippen LogP contribution >= 0.6 is 0 Å². The van der Waals surface area contributed by atoms with Crippen LogP contribution in [0.15, 0.2) is 66.7 Å². The van der Waals surface area contributed by atoms with Crippen molar-refractivity contribution < 1.29 is 9.84 Å².